The van der Waals surface area contributed by atoms with Crippen molar-refractivity contribution in [2.24, 2.45) is 5.92 Å². The first kappa shape index (κ1) is 10.5. The SMILES string of the molecule is Nc1cc(CC2CCNCC2)nc2ccnn12. The lowest BCUT2D eigenvalue weighted by molar-refractivity contribution is 0.370. The largest absolute Gasteiger partial charge is 0.384 e. The van der Waals surface area contributed by atoms with Crippen molar-refractivity contribution < 1.29 is 0 Å². The molecular weight excluding hydrogens is 214 g/mol. The third-order valence-electron chi connectivity index (χ3n) is 3.40. The Balaban J connectivity index is 1.84. The van der Waals surface area contributed by atoms with E-state index in [-0.39, 0.29) is 0 Å². The summed E-state index contributed by atoms with van der Waals surface area (Å²) in [5.74, 6) is 1.40. The van der Waals surface area contributed by atoms with Crippen molar-refractivity contribution >= 4 is 11.5 Å². The molecule has 90 valence electrons. The van der Waals surface area contributed by atoms with Crippen molar-refractivity contribution in [1.29, 1.82) is 0 Å². The summed E-state index contributed by atoms with van der Waals surface area (Å²) in [4.78, 5) is 4.59. The van der Waals surface area contributed by atoms with Crippen molar-refractivity contribution in [2.75, 3.05) is 18.8 Å². The molecule has 1 aliphatic heterocycles. The Bertz CT molecular complexity index is 513. The lowest BCUT2D eigenvalue weighted by Gasteiger charge is -2.22. The molecule has 0 spiro atoms. The number of aromatic nitrogens is 3. The number of hydrogen-bond acceptors (Lipinski definition) is 4. The Morgan fingerprint density at radius 2 is 2.24 bits per heavy atom. The maximum atomic E-state index is 5.95. The zero-order valence-electron chi connectivity index (χ0n) is 9.76. The Morgan fingerprint density at radius 3 is 3.06 bits per heavy atom. The van der Waals surface area contributed by atoms with Crippen LogP contribution in [0.1, 0.15) is 18.5 Å². The average molecular weight is 231 g/mol. The lowest BCUT2D eigenvalue weighted by atomic mass is 9.93. The standard InChI is InChI=1S/C12H17N5/c13-11-8-10(7-9-1-4-14-5-2-9)16-12-3-6-15-17(11)12/h3,6,8-9,14H,1-2,4-5,7,13H2. The summed E-state index contributed by atoms with van der Waals surface area (Å²) in [6.07, 6.45) is 5.21. The van der Waals surface area contributed by atoms with Crippen molar-refractivity contribution in [3.63, 3.8) is 0 Å². The van der Waals surface area contributed by atoms with Gasteiger partial charge in [0, 0.05) is 17.8 Å². The fourth-order valence-corrected chi connectivity index (χ4v) is 2.48. The molecule has 3 heterocycles. The molecule has 2 aromatic rings. The van der Waals surface area contributed by atoms with Crippen LogP contribution in [0.5, 0.6) is 0 Å². The van der Waals surface area contributed by atoms with Crippen molar-refractivity contribution in [2.45, 2.75) is 19.3 Å². The molecule has 5 heteroatoms. The molecule has 3 N–H and O–H groups in total. The summed E-state index contributed by atoms with van der Waals surface area (Å²) in [5.41, 5.74) is 7.88. The first-order chi connectivity index (χ1) is 8.33. The number of anilines is 1. The van der Waals surface area contributed by atoms with E-state index in [2.05, 4.69) is 15.4 Å². The van der Waals surface area contributed by atoms with Crippen LogP contribution in [0.3, 0.4) is 0 Å². The fourth-order valence-electron chi connectivity index (χ4n) is 2.48. The quantitative estimate of drug-likeness (QED) is 0.804. The predicted molar refractivity (Wildman–Crippen MR) is 66.7 cm³/mol. The Kier molecular flexibility index (Phi) is 2.68. The van der Waals surface area contributed by atoms with Crippen LogP contribution in [-0.2, 0) is 6.42 Å². The number of nitrogens with one attached hydrogen (secondary N) is 1. The second-order valence-corrected chi connectivity index (χ2v) is 4.67. The highest BCUT2D eigenvalue weighted by atomic mass is 15.3. The maximum absolute atomic E-state index is 5.95. The monoisotopic (exact) mass is 231 g/mol. The summed E-state index contributed by atoms with van der Waals surface area (Å²) in [5, 5.41) is 7.50. The van der Waals surface area contributed by atoms with Gasteiger partial charge < -0.3 is 11.1 Å². The van der Waals surface area contributed by atoms with Gasteiger partial charge in [0.25, 0.3) is 0 Å². The molecule has 0 saturated carbocycles. The van der Waals surface area contributed by atoms with E-state index in [1.165, 1.54) is 12.8 Å². The molecular formula is C12H17N5. The van der Waals surface area contributed by atoms with Gasteiger partial charge in [0.2, 0.25) is 0 Å². The lowest BCUT2D eigenvalue weighted by Crippen LogP contribution is -2.28. The molecule has 1 saturated heterocycles. The van der Waals surface area contributed by atoms with Gasteiger partial charge in [-0.1, -0.05) is 0 Å². The van der Waals surface area contributed by atoms with Crippen molar-refractivity contribution in [1.82, 2.24) is 19.9 Å². The van der Waals surface area contributed by atoms with E-state index >= 15 is 0 Å². The molecule has 0 bridgehead atoms. The minimum absolute atomic E-state index is 0.670. The average Bonchev–Trinajstić information content (AvgIpc) is 2.79. The molecule has 3 rings (SSSR count). The molecule has 5 nitrogen and oxygen atoms in total. The molecule has 2 aromatic heterocycles. The molecule has 1 aliphatic rings. The van der Waals surface area contributed by atoms with Gasteiger partial charge in [-0.15, -0.1) is 0 Å². The van der Waals surface area contributed by atoms with Crippen LogP contribution in [-0.4, -0.2) is 27.7 Å². The molecule has 0 aromatic carbocycles. The van der Waals surface area contributed by atoms with Gasteiger partial charge >= 0.3 is 0 Å². The van der Waals surface area contributed by atoms with Crippen LogP contribution in [0.4, 0.5) is 5.82 Å². The highest BCUT2D eigenvalue weighted by Gasteiger charge is 2.15. The second-order valence-electron chi connectivity index (χ2n) is 4.67. The minimum Gasteiger partial charge on any atom is -0.384 e. The summed E-state index contributed by atoms with van der Waals surface area (Å²) >= 11 is 0. The van der Waals surface area contributed by atoms with E-state index in [1.807, 2.05) is 12.1 Å². The molecule has 0 atom stereocenters. The molecule has 0 aliphatic carbocycles. The fraction of sp³-hybridized carbons (Fsp3) is 0.500. The number of nitrogen functional groups attached to an aromatic ring is 1. The Morgan fingerprint density at radius 1 is 1.41 bits per heavy atom. The normalized spacial score (nSPS) is 17.6. The van der Waals surface area contributed by atoms with E-state index in [9.17, 15) is 0 Å². The summed E-state index contributed by atoms with van der Waals surface area (Å²) in [6.45, 7) is 2.24. The zero-order chi connectivity index (χ0) is 11.7. The Labute approximate surface area is 100 Å². The number of fused-ring (bicyclic) bond motifs is 1. The molecule has 0 unspecified atom stereocenters. The van der Waals surface area contributed by atoms with Crippen LogP contribution in [0.25, 0.3) is 5.65 Å². The van der Waals surface area contributed by atoms with Gasteiger partial charge in [0.1, 0.15) is 5.82 Å². The van der Waals surface area contributed by atoms with Gasteiger partial charge in [-0.05, 0) is 38.3 Å². The van der Waals surface area contributed by atoms with E-state index in [0.29, 0.717) is 5.82 Å². The number of nitrogens with two attached hydrogens (primary N) is 1. The molecule has 17 heavy (non-hydrogen) atoms. The number of nitrogens with zero attached hydrogens (tertiary/aromatic N) is 3. The van der Waals surface area contributed by atoms with Crippen LogP contribution in [0, 0.1) is 5.92 Å². The first-order valence-corrected chi connectivity index (χ1v) is 6.13. The molecule has 0 radical (unpaired) electrons. The van der Waals surface area contributed by atoms with Gasteiger partial charge in [-0.25, -0.2) is 4.98 Å². The minimum atomic E-state index is 0.670. The van der Waals surface area contributed by atoms with Gasteiger partial charge in [-0.2, -0.15) is 9.61 Å². The summed E-state index contributed by atoms with van der Waals surface area (Å²) < 4.78 is 1.67. The van der Waals surface area contributed by atoms with E-state index in [0.717, 1.165) is 36.8 Å². The van der Waals surface area contributed by atoms with Crippen LogP contribution in [0.15, 0.2) is 18.3 Å². The predicted octanol–water partition coefficient (Wildman–Crippen LogP) is 0.854. The van der Waals surface area contributed by atoms with Gasteiger partial charge in [-0.3, -0.25) is 0 Å². The summed E-state index contributed by atoms with van der Waals surface area (Å²) in [6, 6.07) is 3.84. The van der Waals surface area contributed by atoms with Crippen molar-refractivity contribution in [3.8, 4) is 0 Å². The highest BCUT2D eigenvalue weighted by Crippen LogP contribution is 2.18. The number of rotatable bonds is 2. The van der Waals surface area contributed by atoms with E-state index < -0.39 is 0 Å². The van der Waals surface area contributed by atoms with E-state index in [4.69, 9.17) is 5.73 Å². The van der Waals surface area contributed by atoms with Crippen LogP contribution >= 0.6 is 0 Å². The molecule has 1 fully saturated rings. The Hall–Kier alpha value is -1.62. The third kappa shape index (κ3) is 2.10. The zero-order valence-corrected chi connectivity index (χ0v) is 9.76. The topological polar surface area (TPSA) is 68.2 Å². The molecule has 0 amide bonds. The maximum Gasteiger partial charge on any atom is 0.157 e. The summed E-state index contributed by atoms with van der Waals surface area (Å²) in [7, 11) is 0. The van der Waals surface area contributed by atoms with Gasteiger partial charge in [0.05, 0.1) is 6.20 Å². The highest BCUT2D eigenvalue weighted by molar-refractivity contribution is 5.46. The van der Waals surface area contributed by atoms with Crippen LogP contribution < -0.4 is 11.1 Å². The first-order valence-electron chi connectivity index (χ1n) is 6.13. The van der Waals surface area contributed by atoms with Crippen LogP contribution in [0.2, 0.25) is 0 Å². The third-order valence-corrected chi connectivity index (χ3v) is 3.40. The second kappa shape index (κ2) is 4.33. The number of piperidine rings is 1. The number of hydrogen-bond donors (Lipinski definition) is 2. The van der Waals surface area contributed by atoms with Crippen molar-refractivity contribution in [3.05, 3.63) is 24.0 Å². The van der Waals surface area contributed by atoms with Gasteiger partial charge in [0.15, 0.2) is 5.65 Å². The smallest absolute Gasteiger partial charge is 0.157 e. The van der Waals surface area contributed by atoms with E-state index in [1.54, 1.807) is 10.7 Å².